The highest BCUT2D eigenvalue weighted by Crippen LogP contribution is 2.14. The van der Waals surface area contributed by atoms with Crippen molar-refractivity contribution >= 4 is 12.6 Å². The van der Waals surface area contributed by atoms with E-state index in [2.05, 4.69) is 0 Å². The van der Waals surface area contributed by atoms with Gasteiger partial charge in [0.2, 0.25) is 0 Å². The maximum atomic E-state index is 9.16. The molecule has 0 fully saturated rings. The Morgan fingerprint density at radius 2 is 1.88 bits per heavy atom. The van der Waals surface area contributed by atoms with Gasteiger partial charge in [-0.05, 0) is 19.9 Å². The highest BCUT2D eigenvalue weighted by Gasteiger charge is 2.19. The van der Waals surface area contributed by atoms with Crippen LogP contribution in [0.5, 0.6) is 5.75 Å². The second-order valence-electron chi connectivity index (χ2n) is 4.47. The van der Waals surface area contributed by atoms with E-state index in [1.165, 1.54) is 0 Å². The fraction of sp³-hybridized carbons (Fsp3) is 0.500. The van der Waals surface area contributed by atoms with Crippen molar-refractivity contribution in [3.8, 4) is 5.75 Å². The van der Waals surface area contributed by atoms with Gasteiger partial charge in [-0.3, -0.25) is 0 Å². The SMILES string of the molecule is COC(C)(C)CCOc1ccccc1B(O)O. The lowest BCUT2D eigenvalue weighted by atomic mass is 9.79. The van der Waals surface area contributed by atoms with Crippen LogP contribution in [0.4, 0.5) is 0 Å². The lowest BCUT2D eigenvalue weighted by Gasteiger charge is -2.23. The first-order valence-corrected chi connectivity index (χ1v) is 5.59. The molecule has 17 heavy (non-hydrogen) atoms. The average molecular weight is 238 g/mol. The summed E-state index contributed by atoms with van der Waals surface area (Å²) in [6.45, 7) is 4.41. The molecule has 0 radical (unpaired) electrons. The maximum absolute atomic E-state index is 9.16. The van der Waals surface area contributed by atoms with Crippen LogP contribution in [-0.2, 0) is 4.74 Å². The highest BCUT2D eigenvalue weighted by atomic mass is 16.5. The zero-order chi connectivity index (χ0) is 12.9. The minimum atomic E-state index is -1.51. The molecule has 0 aromatic heterocycles. The number of hydrogen-bond acceptors (Lipinski definition) is 4. The van der Waals surface area contributed by atoms with Crippen LogP contribution in [0.2, 0.25) is 0 Å². The largest absolute Gasteiger partial charge is 0.494 e. The Hall–Kier alpha value is -1.04. The summed E-state index contributed by atoms with van der Waals surface area (Å²) < 4.78 is 10.8. The topological polar surface area (TPSA) is 58.9 Å². The molecule has 0 unspecified atom stereocenters. The van der Waals surface area contributed by atoms with Gasteiger partial charge in [0.15, 0.2) is 0 Å². The van der Waals surface area contributed by atoms with E-state index in [1.54, 1.807) is 31.4 Å². The average Bonchev–Trinajstić information content (AvgIpc) is 2.29. The Labute approximate surface area is 102 Å². The smallest absolute Gasteiger partial charge is 0.492 e. The summed E-state index contributed by atoms with van der Waals surface area (Å²) in [6.07, 6.45) is 0.722. The van der Waals surface area contributed by atoms with Gasteiger partial charge in [0.1, 0.15) is 5.75 Å². The Balaban J connectivity index is 2.58. The van der Waals surface area contributed by atoms with Crippen LogP contribution >= 0.6 is 0 Å². The standard InChI is InChI=1S/C12H19BO4/c1-12(2,16-3)8-9-17-11-7-5-4-6-10(11)13(14)15/h4-7,14-15H,8-9H2,1-3H3. The molecule has 5 heteroatoms. The molecule has 0 aliphatic rings. The van der Waals surface area contributed by atoms with Crippen LogP contribution in [0.1, 0.15) is 20.3 Å². The van der Waals surface area contributed by atoms with Crippen molar-refractivity contribution in [2.45, 2.75) is 25.9 Å². The minimum Gasteiger partial charge on any atom is -0.494 e. The first-order chi connectivity index (χ1) is 7.96. The summed E-state index contributed by atoms with van der Waals surface area (Å²) in [5.74, 6) is 0.495. The lowest BCUT2D eigenvalue weighted by molar-refractivity contribution is 0.00553. The van der Waals surface area contributed by atoms with Gasteiger partial charge in [-0.2, -0.15) is 0 Å². The highest BCUT2D eigenvalue weighted by molar-refractivity contribution is 6.59. The summed E-state index contributed by atoms with van der Waals surface area (Å²) >= 11 is 0. The van der Waals surface area contributed by atoms with Gasteiger partial charge in [0, 0.05) is 19.0 Å². The molecule has 1 aromatic rings. The molecule has 0 aliphatic heterocycles. The summed E-state index contributed by atoms with van der Waals surface area (Å²) in [5.41, 5.74) is 0.134. The molecule has 0 bridgehead atoms. The third-order valence-electron chi connectivity index (χ3n) is 2.71. The van der Waals surface area contributed by atoms with Gasteiger partial charge in [-0.1, -0.05) is 18.2 Å². The fourth-order valence-electron chi connectivity index (χ4n) is 1.33. The van der Waals surface area contributed by atoms with Crippen LogP contribution in [0.3, 0.4) is 0 Å². The zero-order valence-electron chi connectivity index (χ0n) is 10.5. The molecular formula is C12H19BO4. The number of para-hydroxylation sites is 1. The molecule has 2 N–H and O–H groups in total. The van der Waals surface area contributed by atoms with Gasteiger partial charge in [-0.15, -0.1) is 0 Å². The van der Waals surface area contributed by atoms with Crippen LogP contribution < -0.4 is 10.2 Å². The minimum absolute atomic E-state index is 0.243. The Morgan fingerprint density at radius 1 is 1.24 bits per heavy atom. The molecule has 1 rings (SSSR count). The van der Waals surface area contributed by atoms with E-state index in [0.29, 0.717) is 17.8 Å². The number of methoxy groups -OCH3 is 1. The maximum Gasteiger partial charge on any atom is 0.492 e. The first-order valence-electron chi connectivity index (χ1n) is 5.59. The van der Waals surface area contributed by atoms with Crippen molar-refractivity contribution in [2.75, 3.05) is 13.7 Å². The number of benzene rings is 1. The van der Waals surface area contributed by atoms with Gasteiger partial charge in [-0.25, -0.2) is 0 Å². The monoisotopic (exact) mass is 238 g/mol. The molecule has 0 aliphatic carbocycles. The molecule has 0 spiro atoms. The predicted octanol–water partition coefficient (Wildman–Crippen LogP) is 0.560. The Kier molecular flexibility index (Phi) is 4.99. The van der Waals surface area contributed by atoms with E-state index >= 15 is 0 Å². The van der Waals surface area contributed by atoms with E-state index in [4.69, 9.17) is 19.5 Å². The Morgan fingerprint density at radius 3 is 2.47 bits per heavy atom. The van der Waals surface area contributed by atoms with E-state index in [0.717, 1.165) is 6.42 Å². The van der Waals surface area contributed by atoms with Crippen LogP contribution in [0, 0.1) is 0 Å². The molecule has 0 saturated carbocycles. The zero-order valence-corrected chi connectivity index (χ0v) is 10.5. The third kappa shape index (κ3) is 4.38. The van der Waals surface area contributed by atoms with E-state index in [1.807, 2.05) is 13.8 Å². The van der Waals surface area contributed by atoms with E-state index < -0.39 is 7.12 Å². The van der Waals surface area contributed by atoms with Crippen LogP contribution in [0.15, 0.2) is 24.3 Å². The first kappa shape index (κ1) is 14.0. The molecular weight excluding hydrogens is 219 g/mol. The Bertz CT molecular complexity index is 352. The van der Waals surface area contributed by atoms with E-state index in [-0.39, 0.29) is 5.60 Å². The molecule has 4 nitrogen and oxygen atoms in total. The summed E-state index contributed by atoms with van der Waals surface area (Å²) in [7, 11) is 0.146. The van der Waals surface area contributed by atoms with Crippen molar-refractivity contribution in [3.63, 3.8) is 0 Å². The van der Waals surface area contributed by atoms with Crippen LogP contribution in [0.25, 0.3) is 0 Å². The van der Waals surface area contributed by atoms with Crippen molar-refractivity contribution < 1.29 is 19.5 Å². The number of hydrogen-bond donors (Lipinski definition) is 2. The second kappa shape index (κ2) is 6.05. The van der Waals surface area contributed by atoms with Gasteiger partial charge in [0.05, 0.1) is 12.2 Å². The summed E-state index contributed by atoms with van der Waals surface area (Å²) in [6, 6.07) is 6.87. The molecule has 0 atom stereocenters. The molecule has 0 amide bonds. The third-order valence-corrected chi connectivity index (χ3v) is 2.71. The molecule has 0 heterocycles. The summed E-state index contributed by atoms with van der Waals surface area (Å²) in [5, 5.41) is 18.3. The molecule has 1 aromatic carbocycles. The quantitative estimate of drug-likeness (QED) is 0.711. The van der Waals surface area contributed by atoms with Gasteiger partial charge in [0.25, 0.3) is 0 Å². The normalized spacial score (nSPS) is 11.4. The van der Waals surface area contributed by atoms with Crippen LogP contribution in [-0.4, -0.2) is 36.5 Å². The molecule has 94 valence electrons. The van der Waals surface area contributed by atoms with Crippen molar-refractivity contribution in [1.82, 2.24) is 0 Å². The van der Waals surface area contributed by atoms with Crippen molar-refractivity contribution in [3.05, 3.63) is 24.3 Å². The number of rotatable bonds is 6. The fourth-order valence-corrected chi connectivity index (χ4v) is 1.33. The van der Waals surface area contributed by atoms with E-state index in [9.17, 15) is 0 Å². The summed E-state index contributed by atoms with van der Waals surface area (Å²) in [4.78, 5) is 0. The van der Waals surface area contributed by atoms with Gasteiger partial charge >= 0.3 is 7.12 Å². The van der Waals surface area contributed by atoms with Crippen molar-refractivity contribution in [2.24, 2.45) is 0 Å². The predicted molar refractivity (Wildman–Crippen MR) is 67.5 cm³/mol. The molecule has 0 saturated heterocycles. The lowest BCUT2D eigenvalue weighted by Crippen LogP contribution is -2.32. The second-order valence-corrected chi connectivity index (χ2v) is 4.47. The van der Waals surface area contributed by atoms with Gasteiger partial charge < -0.3 is 19.5 Å². The van der Waals surface area contributed by atoms with Crippen molar-refractivity contribution in [1.29, 1.82) is 0 Å². The number of ether oxygens (including phenoxy) is 2.